The van der Waals surface area contributed by atoms with Crippen molar-refractivity contribution in [2.45, 2.75) is 64.1 Å². The Bertz CT molecular complexity index is 918. The number of benzene rings is 2. The molecular weight excluding hydrogens is 448 g/mol. The molecular formula is C23H27F6N3O. The predicted molar refractivity (Wildman–Crippen MR) is 117 cm³/mol. The van der Waals surface area contributed by atoms with E-state index >= 15 is 0 Å². The van der Waals surface area contributed by atoms with Crippen LogP contribution in [0.4, 0.5) is 43.4 Å². The summed E-state index contributed by atoms with van der Waals surface area (Å²) >= 11 is 0. The molecule has 2 rings (SSSR count). The van der Waals surface area contributed by atoms with Crippen molar-refractivity contribution in [1.29, 1.82) is 0 Å². The monoisotopic (exact) mass is 475 g/mol. The normalized spacial score (nSPS) is 13.4. The average Bonchev–Trinajstić information content (AvgIpc) is 2.78. The van der Waals surface area contributed by atoms with Crippen LogP contribution in [0.1, 0.15) is 50.2 Å². The lowest BCUT2D eigenvalue weighted by atomic mass is 10.1. The van der Waals surface area contributed by atoms with Crippen LogP contribution in [0.15, 0.2) is 36.4 Å². The molecule has 0 fully saturated rings. The molecule has 2 aromatic carbocycles. The number of carbonyl (C=O) groups is 1. The van der Waals surface area contributed by atoms with Gasteiger partial charge in [-0.15, -0.1) is 0 Å². The van der Waals surface area contributed by atoms with Crippen LogP contribution in [0, 0.1) is 5.82 Å². The third kappa shape index (κ3) is 7.57. The third-order valence-electron chi connectivity index (χ3n) is 5.10. The van der Waals surface area contributed by atoms with Crippen molar-refractivity contribution in [3.8, 4) is 0 Å². The highest BCUT2D eigenvalue weighted by molar-refractivity contribution is 5.97. The third-order valence-corrected chi connectivity index (χ3v) is 5.10. The fourth-order valence-corrected chi connectivity index (χ4v) is 3.13. The molecule has 0 aliphatic rings. The molecule has 0 saturated heterocycles. The standard InChI is InChI=1S/C23H27F6N3O/c1-2-3-4-5-6-16(24)19(25)22(33)32-18-12-11-17(20(26)21(18)30)31-13-14-7-9-15(10-8-14)23(27,28)29/h7-12,16,19,31H,2-6,13,30H2,1H3,(H,32,33)/t16-,19-/m0/s1. The second-order valence-electron chi connectivity index (χ2n) is 7.69. The van der Waals surface area contributed by atoms with E-state index in [2.05, 4.69) is 10.6 Å². The van der Waals surface area contributed by atoms with Crippen LogP contribution in [0.2, 0.25) is 0 Å². The van der Waals surface area contributed by atoms with Gasteiger partial charge in [-0.2, -0.15) is 13.2 Å². The number of rotatable bonds is 11. The Morgan fingerprint density at radius 1 is 1.00 bits per heavy atom. The van der Waals surface area contributed by atoms with Crippen molar-refractivity contribution in [1.82, 2.24) is 0 Å². The maximum Gasteiger partial charge on any atom is 0.416 e. The van der Waals surface area contributed by atoms with Gasteiger partial charge in [0.15, 0.2) is 5.82 Å². The molecule has 0 aliphatic heterocycles. The first-order chi connectivity index (χ1) is 15.5. The molecule has 0 heterocycles. The second kappa shape index (κ2) is 11.8. The fraction of sp³-hybridized carbons (Fsp3) is 0.435. The molecule has 4 nitrogen and oxygen atoms in total. The molecule has 0 radical (unpaired) electrons. The van der Waals surface area contributed by atoms with E-state index in [1.54, 1.807) is 0 Å². The van der Waals surface area contributed by atoms with Crippen molar-refractivity contribution >= 4 is 23.0 Å². The first kappa shape index (κ1) is 26.3. The van der Waals surface area contributed by atoms with Gasteiger partial charge in [0, 0.05) is 6.54 Å². The summed E-state index contributed by atoms with van der Waals surface area (Å²) in [6.45, 7) is 1.99. The van der Waals surface area contributed by atoms with Gasteiger partial charge < -0.3 is 16.4 Å². The zero-order chi connectivity index (χ0) is 24.6. The van der Waals surface area contributed by atoms with Crippen LogP contribution in [-0.4, -0.2) is 18.3 Å². The van der Waals surface area contributed by atoms with Crippen molar-refractivity contribution in [3.63, 3.8) is 0 Å². The molecule has 10 heteroatoms. The molecule has 2 atom stereocenters. The van der Waals surface area contributed by atoms with Crippen molar-refractivity contribution in [2.24, 2.45) is 0 Å². The minimum atomic E-state index is -4.46. The smallest absolute Gasteiger partial charge is 0.395 e. The van der Waals surface area contributed by atoms with Crippen molar-refractivity contribution < 1.29 is 31.1 Å². The second-order valence-corrected chi connectivity index (χ2v) is 7.69. The van der Waals surface area contributed by atoms with Gasteiger partial charge in [-0.3, -0.25) is 4.79 Å². The lowest BCUT2D eigenvalue weighted by Crippen LogP contribution is -2.32. The van der Waals surface area contributed by atoms with Gasteiger partial charge in [-0.05, 0) is 36.2 Å². The van der Waals surface area contributed by atoms with E-state index in [0.29, 0.717) is 12.0 Å². The summed E-state index contributed by atoms with van der Waals surface area (Å²) in [7, 11) is 0. The van der Waals surface area contributed by atoms with Crippen LogP contribution >= 0.6 is 0 Å². The summed E-state index contributed by atoms with van der Waals surface area (Å²) < 4.78 is 80.5. The summed E-state index contributed by atoms with van der Waals surface area (Å²) in [6, 6.07) is 6.79. The lowest BCUT2D eigenvalue weighted by molar-refractivity contribution is -0.137. The number of hydrogen-bond donors (Lipinski definition) is 3. The number of nitrogen functional groups attached to an aromatic ring is 1. The van der Waals surface area contributed by atoms with Gasteiger partial charge >= 0.3 is 6.18 Å². The van der Waals surface area contributed by atoms with Gasteiger partial charge in [-0.25, -0.2) is 13.2 Å². The van der Waals surface area contributed by atoms with Gasteiger partial charge in [0.2, 0.25) is 6.17 Å². The molecule has 4 N–H and O–H groups in total. The Morgan fingerprint density at radius 3 is 2.24 bits per heavy atom. The summed E-state index contributed by atoms with van der Waals surface area (Å²) in [5, 5.41) is 4.80. The van der Waals surface area contributed by atoms with E-state index in [-0.39, 0.29) is 24.3 Å². The maximum atomic E-state index is 14.6. The van der Waals surface area contributed by atoms with E-state index in [9.17, 15) is 31.1 Å². The van der Waals surface area contributed by atoms with E-state index in [1.165, 1.54) is 24.3 Å². The quantitative estimate of drug-likeness (QED) is 0.194. The van der Waals surface area contributed by atoms with Crippen LogP contribution in [0.3, 0.4) is 0 Å². The number of nitrogens with one attached hydrogen (secondary N) is 2. The van der Waals surface area contributed by atoms with Crippen LogP contribution in [0.5, 0.6) is 0 Å². The maximum absolute atomic E-state index is 14.6. The van der Waals surface area contributed by atoms with Crippen LogP contribution < -0.4 is 16.4 Å². The number of alkyl halides is 5. The van der Waals surface area contributed by atoms with Gasteiger partial charge in [-0.1, -0.05) is 44.7 Å². The number of halogens is 6. The molecule has 33 heavy (non-hydrogen) atoms. The highest BCUT2D eigenvalue weighted by Gasteiger charge is 2.30. The van der Waals surface area contributed by atoms with Crippen LogP contribution in [-0.2, 0) is 17.5 Å². The Kier molecular flexibility index (Phi) is 9.43. The van der Waals surface area contributed by atoms with Crippen molar-refractivity contribution in [3.05, 3.63) is 53.3 Å². The molecule has 0 spiro atoms. The molecule has 0 aliphatic carbocycles. The summed E-state index contributed by atoms with van der Waals surface area (Å²) in [5.74, 6) is -2.19. The first-order valence-corrected chi connectivity index (χ1v) is 10.6. The number of unbranched alkanes of at least 4 members (excludes halogenated alkanes) is 3. The molecule has 1 amide bonds. The highest BCUT2D eigenvalue weighted by atomic mass is 19.4. The average molecular weight is 475 g/mol. The minimum Gasteiger partial charge on any atom is -0.395 e. The molecule has 0 unspecified atom stereocenters. The van der Waals surface area contributed by atoms with Gasteiger partial charge in [0.1, 0.15) is 6.17 Å². The zero-order valence-electron chi connectivity index (χ0n) is 18.1. The molecule has 182 valence electrons. The lowest BCUT2D eigenvalue weighted by Gasteiger charge is -2.16. The Labute approximate surface area is 188 Å². The van der Waals surface area contributed by atoms with Crippen molar-refractivity contribution in [2.75, 3.05) is 16.4 Å². The minimum absolute atomic E-state index is 0.00825. The van der Waals surface area contributed by atoms with E-state index in [1.807, 2.05) is 6.92 Å². The highest BCUT2D eigenvalue weighted by Crippen LogP contribution is 2.31. The Balaban J connectivity index is 1.96. The number of amides is 1. The molecule has 0 bridgehead atoms. The van der Waals surface area contributed by atoms with E-state index in [0.717, 1.165) is 31.4 Å². The first-order valence-electron chi connectivity index (χ1n) is 10.6. The number of hydrogen-bond acceptors (Lipinski definition) is 3. The molecule has 0 aromatic heterocycles. The molecule has 2 aromatic rings. The largest absolute Gasteiger partial charge is 0.416 e. The zero-order valence-corrected chi connectivity index (χ0v) is 18.1. The Hall–Kier alpha value is -2.91. The Morgan fingerprint density at radius 2 is 1.64 bits per heavy atom. The topological polar surface area (TPSA) is 67.2 Å². The number of carbonyl (C=O) groups excluding carboxylic acids is 1. The summed E-state index contributed by atoms with van der Waals surface area (Å²) in [4.78, 5) is 12.0. The summed E-state index contributed by atoms with van der Waals surface area (Å²) in [6.07, 6.45) is -5.90. The predicted octanol–water partition coefficient (Wildman–Crippen LogP) is 6.62. The fourth-order valence-electron chi connectivity index (χ4n) is 3.13. The SMILES string of the molecule is CCCCCC[C@H](F)[C@H](F)C(=O)Nc1ccc(NCc2ccc(C(F)(F)F)cc2)c(F)c1N. The number of anilines is 3. The molecule has 0 saturated carbocycles. The van der Waals surface area contributed by atoms with Gasteiger partial charge in [0.25, 0.3) is 5.91 Å². The summed E-state index contributed by atoms with van der Waals surface area (Å²) in [5.41, 5.74) is 4.59. The van der Waals surface area contributed by atoms with Crippen LogP contribution in [0.25, 0.3) is 0 Å². The van der Waals surface area contributed by atoms with Gasteiger partial charge in [0.05, 0.1) is 22.6 Å². The van der Waals surface area contributed by atoms with E-state index < -0.39 is 41.5 Å². The number of nitrogens with two attached hydrogens (primary N) is 1. The van der Waals surface area contributed by atoms with E-state index in [4.69, 9.17) is 5.73 Å².